The van der Waals surface area contributed by atoms with E-state index in [1.54, 1.807) is 12.3 Å². The zero-order valence-electron chi connectivity index (χ0n) is 16.4. The molecule has 8 nitrogen and oxygen atoms in total. The maximum atomic E-state index is 13.9. The molecular weight excluding hydrogens is 426 g/mol. The molecular formula is C20H20F2N6O2S. The molecule has 1 aromatic carbocycles. The largest absolute Gasteiger partial charge is 0.354 e. The first-order chi connectivity index (χ1) is 14.9. The van der Waals surface area contributed by atoms with E-state index in [4.69, 9.17) is 0 Å². The molecule has 1 N–H and O–H groups in total. The van der Waals surface area contributed by atoms with Crippen LogP contribution in [-0.2, 0) is 15.8 Å². The van der Waals surface area contributed by atoms with Crippen molar-refractivity contribution in [2.75, 3.05) is 36.4 Å². The highest BCUT2D eigenvalue weighted by Gasteiger charge is 2.28. The summed E-state index contributed by atoms with van der Waals surface area (Å²) in [7, 11) is -3.78. The highest BCUT2D eigenvalue weighted by Crippen LogP contribution is 2.21. The molecule has 1 aliphatic rings. The Hall–Kier alpha value is -3.18. The van der Waals surface area contributed by atoms with Crippen molar-refractivity contribution >= 4 is 27.5 Å². The number of hydrogen-bond donors (Lipinski definition) is 1. The molecule has 0 radical (unpaired) electrons. The molecule has 1 saturated heterocycles. The molecule has 11 heteroatoms. The van der Waals surface area contributed by atoms with Gasteiger partial charge >= 0.3 is 0 Å². The van der Waals surface area contributed by atoms with E-state index in [2.05, 4.69) is 20.3 Å². The second kappa shape index (κ2) is 8.90. The molecule has 1 aliphatic heterocycles. The number of pyridine rings is 1. The molecule has 0 bridgehead atoms. The fourth-order valence-corrected chi connectivity index (χ4v) is 4.81. The lowest BCUT2D eigenvalue weighted by Gasteiger charge is -2.34. The number of sulfonamides is 1. The van der Waals surface area contributed by atoms with Gasteiger partial charge in [-0.25, -0.2) is 32.2 Å². The molecule has 0 spiro atoms. The van der Waals surface area contributed by atoms with Crippen LogP contribution in [0.2, 0.25) is 0 Å². The molecule has 3 aromatic rings. The third-order valence-corrected chi connectivity index (χ3v) is 6.70. The molecule has 4 rings (SSSR count). The van der Waals surface area contributed by atoms with Gasteiger partial charge in [-0.05, 0) is 30.3 Å². The highest BCUT2D eigenvalue weighted by atomic mass is 32.2. The Morgan fingerprint density at radius 3 is 2.48 bits per heavy atom. The van der Waals surface area contributed by atoms with Crippen LogP contribution in [0.4, 0.5) is 26.2 Å². The Bertz CT molecular complexity index is 1160. The topological polar surface area (TPSA) is 91.3 Å². The number of nitrogens with zero attached hydrogens (tertiary/aromatic N) is 5. The van der Waals surface area contributed by atoms with Crippen molar-refractivity contribution in [1.29, 1.82) is 0 Å². The Morgan fingerprint density at radius 2 is 1.74 bits per heavy atom. The zero-order valence-corrected chi connectivity index (χ0v) is 17.3. The van der Waals surface area contributed by atoms with Crippen LogP contribution in [0.25, 0.3) is 0 Å². The van der Waals surface area contributed by atoms with Crippen molar-refractivity contribution in [3.05, 3.63) is 72.2 Å². The number of anilines is 3. The van der Waals surface area contributed by atoms with Crippen LogP contribution in [0.1, 0.15) is 5.56 Å². The van der Waals surface area contributed by atoms with Crippen molar-refractivity contribution in [2.45, 2.75) is 5.75 Å². The molecule has 0 aliphatic carbocycles. The van der Waals surface area contributed by atoms with Gasteiger partial charge in [0.05, 0.1) is 5.75 Å². The fourth-order valence-electron chi connectivity index (χ4n) is 3.29. The third kappa shape index (κ3) is 5.12. The summed E-state index contributed by atoms with van der Waals surface area (Å²) in [4.78, 5) is 14.6. The van der Waals surface area contributed by atoms with Gasteiger partial charge in [0.25, 0.3) is 0 Å². The standard InChI is InChI=1S/C20H20F2N6O2S/c21-16-4-5-17(22)15(11-16)13-31(29,30)28-9-7-27(8-10-28)20-12-19(24-14-25-20)26-18-3-1-2-6-23-18/h1-6,11-12,14H,7-10,13H2,(H,23,24,25,26). The minimum Gasteiger partial charge on any atom is -0.354 e. The van der Waals surface area contributed by atoms with E-state index in [1.807, 2.05) is 23.1 Å². The molecule has 0 amide bonds. The number of halogens is 2. The monoisotopic (exact) mass is 446 g/mol. The summed E-state index contributed by atoms with van der Waals surface area (Å²) in [6.45, 7) is 1.24. The van der Waals surface area contributed by atoms with Crippen LogP contribution in [0, 0.1) is 11.6 Å². The van der Waals surface area contributed by atoms with E-state index in [9.17, 15) is 17.2 Å². The van der Waals surface area contributed by atoms with Crippen LogP contribution >= 0.6 is 0 Å². The van der Waals surface area contributed by atoms with E-state index < -0.39 is 27.4 Å². The van der Waals surface area contributed by atoms with E-state index in [0.29, 0.717) is 30.5 Å². The van der Waals surface area contributed by atoms with E-state index in [-0.39, 0.29) is 18.7 Å². The molecule has 1 fully saturated rings. The lowest BCUT2D eigenvalue weighted by atomic mass is 10.2. The lowest BCUT2D eigenvalue weighted by Crippen LogP contribution is -2.49. The highest BCUT2D eigenvalue weighted by molar-refractivity contribution is 7.88. The summed E-state index contributed by atoms with van der Waals surface area (Å²) in [6, 6.07) is 10.1. The number of hydrogen-bond acceptors (Lipinski definition) is 7. The van der Waals surface area contributed by atoms with Gasteiger partial charge in [-0.1, -0.05) is 6.07 Å². The van der Waals surface area contributed by atoms with Crippen LogP contribution < -0.4 is 10.2 Å². The molecule has 0 saturated carbocycles. The van der Waals surface area contributed by atoms with Gasteiger partial charge < -0.3 is 10.2 Å². The minimum atomic E-state index is -3.78. The van der Waals surface area contributed by atoms with Crippen LogP contribution in [0.3, 0.4) is 0 Å². The molecule has 31 heavy (non-hydrogen) atoms. The molecule has 3 heterocycles. The summed E-state index contributed by atoms with van der Waals surface area (Å²) < 4.78 is 53.9. The van der Waals surface area contributed by atoms with Crippen LogP contribution in [-0.4, -0.2) is 53.9 Å². The molecule has 0 unspecified atom stereocenters. The molecule has 0 atom stereocenters. The Labute approximate surface area is 178 Å². The first-order valence-corrected chi connectivity index (χ1v) is 11.2. The van der Waals surface area contributed by atoms with Crippen LogP contribution in [0.5, 0.6) is 0 Å². The summed E-state index contributed by atoms with van der Waals surface area (Å²) in [5.41, 5.74) is -0.177. The predicted molar refractivity (Wildman–Crippen MR) is 112 cm³/mol. The summed E-state index contributed by atoms with van der Waals surface area (Å²) in [5.74, 6) is -0.120. The van der Waals surface area contributed by atoms with Gasteiger partial charge in [0, 0.05) is 44.0 Å². The maximum absolute atomic E-state index is 13.9. The number of nitrogens with one attached hydrogen (secondary N) is 1. The number of aromatic nitrogens is 3. The normalized spacial score (nSPS) is 15.1. The smallest absolute Gasteiger partial charge is 0.218 e. The Balaban J connectivity index is 1.40. The summed E-state index contributed by atoms with van der Waals surface area (Å²) in [6.07, 6.45) is 3.09. The lowest BCUT2D eigenvalue weighted by molar-refractivity contribution is 0.383. The molecule has 162 valence electrons. The average Bonchev–Trinajstić information content (AvgIpc) is 2.77. The first kappa shape index (κ1) is 21.1. The second-order valence-corrected chi connectivity index (χ2v) is 8.95. The fraction of sp³-hybridized carbons (Fsp3) is 0.250. The Kier molecular flexibility index (Phi) is 6.05. The van der Waals surface area contributed by atoms with Crippen LogP contribution in [0.15, 0.2) is 55.0 Å². The zero-order chi connectivity index (χ0) is 21.8. The van der Waals surface area contributed by atoms with Crippen molar-refractivity contribution in [3.63, 3.8) is 0 Å². The quantitative estimate of drug-likeness (QED) is 0.622. The van der Waals surface area contributed by atoms with E-state index in [1.165, 1.54) is 10.6 Å². The summed E-state index contributed by atoms with van der Waals surface area (Å²) in [5, 5.41) is 3.09. The number of piperazine rings is 1. The van der Waals surface area contributed by atoms with Gasteiger partial charge in [-0.15, -0.1) is 0 Å². The van der Waals surface area contributed by atoms with Gasteiger partial charge in [-0.3, -0.25) is 0 Å². The van der Waals surface area contributed by atoms with Crippen molar-refractivity contribution in [1.82, 2.24) is 19.3 Å². The molecule has 2 aromatic heterocycles. The first-order valence-electron chi connectivity index (χ1n) is 9.57. The van der Waals surface area contributed by atoms with E-state index >= 15 is 0 Å². The van der Waals surface area contributed by atoms with Crippen molar-refractivity contribution in [2.24, 2.45) is 0 Å². The maximum Gasteiger partial charge on any atom is 0.218 e. The van der Waals surface area contributed by atoms with Gasteiger partial charge in [0.2, 0.25) is 10.0 Å². The second-order valence-electron chi connectivity index (χ2n) is 6.98. The number of rotatable bonds is 6. The number of benzene rings is 1. The summed E-state index contributed by atoms with van der Waals surface area (Å²) >= 11 is 0. The van der Waals surface area contributed by atoms with Gasteiger partial charge in [0.15, 0.2) is 0 Å². The van der Waals surface area contributed by atoms with Gasteiger partial charge in [0.1, 0.15) is 35.4 Å². The SMILES string of the molecule is O=S(=O)(Cc1cc(F)ccc1F)N1CCN(c2cc(Nc3ccccn3)ncn2)CC1. The Morgan fingerprint density at radius 1 is 0.935 bits per heavy atom. The van der Waals surface area contributed by atoms with E-state index in [0.717, 1.165) is 18.2 Å². The average molecular weight is 446 g/mol. The van der Waals surface area contributed by atoms with Gasteiger partial charge in [-0.2, -0.15) is 4.31 Å². The predicted octanol–water partition coefficient (Wildman–Crippen LogP) is 2.55. The van der Waals surface area contributed by atoms with Crippen molar-refractivity contribution in [3.8, 4) is 0 Å². The minimum absolute atomic E-state index is 0.177. The third-order valence-electron chi connectivity index (χ3n) is 4.88. The van der Waals surface area contributed by atoms with Crippen molar-refractivity contribution < 1.29 is 17.2 Å².